The van der Waals surface area contributed by atoms with Crippen LogP contribution in [0.25, 0.3) is 0 Å². The van der Waals surface area contributed by atoms with Gasteiger partial charge in [0.15, 0.2) is 0 Å². The summed E-state index contributed by atoms with van der Waals surface area (Å²) >= 11 is 0. The molecule has 0 aromatic heterocycles. The van der Waals surface area contributed by atoms with Crippen molar-refractivity contribution in [2.24, 2.45) is 5.92 Å². The summed E-state index contributed by atoms with van der Waals surface area (Å²) < 4.78 is 0. The number of rotatable bonds is 5. The molecule has 88 valence electrons. The molecule has 0 unspecified atom stereocenters. The van der Waals surface area contributed by atoms with Gasteiger partial charge < -0.3 is 5.32 Å². The summed E-state index contributed by atoms with van der Waals surface area (Å²) in [6, 6.07) is 8.54. The largest absolute Gasteiger partial charge is 0.359 e. The van der Waals surface area contributed by atoms with Gasteiger partial charge in [-0.25, -0.2) is 0 Å². The first-order valence-corrected chi connectivity index (χ1v) is 5.90. The van der Waals surface area contributed by atoms with Crippen molar-refractivity contribution >= 4 is 5.91 Å². The molecule has 1 aromatic carbocycles. The van der Waals surface area contributed by atoms with Crippen molar-refractivity contribution in [1.82, 2.24) is 5.32 Å². The molecule has 1 N–H and O–H groups in total. The topological polar surface area (TPSA) is 29.1 Å². The van der Waals surface area contributed by atoms with Gasteiger partial charge in [0, 0.05) is 13.5 Å². The molecule has 0 aliphatic carbocycles. The first-order chi connectivity index (χ1) is 7.61. The maximum Gasteiger partial charge on any atom is 0.220 e. The fourth-order valence-corrected chi connectivity index (χ4v) is 1.77. The Morgan fingerprint density at radius 3 is 2.62 bits per heavy atom. The lowest BCUT2D eigenvalue weighted by atomic mass is 9.99. The van der Waals surface area contributed by atoms with E-state index in [1.807, 2.05) is 0 Å². The third-order valence-corrected chi connectivity index (χ3v) is 2.55. The van der Waals surface area contributed by atoms with Crippen LogP contribution in [0.3, 0.4) is 0 Å². The van der Waals surface area contributed by atoms with Crippen molar-refractivity contribution in [3.05, 3.63) is 35.4 Å². The van der Waals surface area contributed by atoms with Gasteiger partial charge in [0.1, 0.15) is 0 Å². The molecule has 1 aromatic rings. The normalized spacial score (nSPS) is 10.5. The molecule has 0 bridgehead atoms. The molecular formula is C14H21NO. The average molecular weight is 219 g/mol. The highest BCUT2D eigenvalue weighted by atomic mass is 16.1. The Balaban J connectivity index is 2.56. The summed E-state index contributed by atoms with van der Waals surface area (Å²) in [5.41, 5.74) is 2.62. The highest BCUT2D eigenvalue weighted by molar-refractivity contribution is 5.75. The van der Waals surface area contributed by atoms with E-state index in [0.29, 0.717) is 12.3 Å². The quantitative estimate of drug-likeness (QED) is 0.810. The highest BCUT2D eigenvalue weighted by Crippen LogP contribution is 2.11. The van der Waals surface area contributed by atoms with E-state index in [9.17, 15) is 4.79 Å². The number of carbonyl (C=O) groups is 1. The maximum atomic E-state index is 11.1. The number of amides is 1. The van der Waals surface area contributed by atoms with Crippen LogP contribution in [-0.2, 0) is 17.6 Å². The van der Waals surface area contributed by atoms with Crippen molar-refractivity contribution in [3.8, 4) is 0 Å². The Morgan fingerprint density at radius 1 is 1.31 bits per heavy atom. The summed E-state index contributed by atoms with van der Waals surface area (Å²) in [6.07, 6.45) is 2.50. The SMILES string of the molecule is CNC(=O)CCc1cccc(CC(C)C)c1. The monoisotopic (exact) mass is 219 g/mol. The smallest absolute Gasteiger partial charge is 0.220 e. The lowest BCUT2D eigenvalue weighted by molar-refractivity contribution is -0.120. The van der Waals surface area contributed by atoms with Gasteiger partial charge in [-0.2, -0.15) is 0 Å². The van der Waals surface area contributed by atoms with Gasteiger partial charge in [-0.15, -0.1) is 0 Å². The molecule has 0 radical (unpaired) electrons. The second-order valence-electron chi connectivity index (χ2n) is 4.59. The van der Waals surface area contributed by atoms with Gasteiger partial charge >= 0.3 is 0 Å². The molecule has 0 spiro atoms. The van der Waals surface area contributed by atoms with E-state index in [1.165, 1.54) is 11.1 Å². The molecule has 1 rings (SSSR count). The minimum atomic E-state index is 0.106. The zero-order valence-corrected chi connectivity index (χ0v) is 10.4. The molecule has 0 aliphatic rings. The minimum Gasteiger partial charge on any atom is -0.359 e. The first-order valence-electron chi connectivity index (χ1n) is 5.90. The Morgan fingerprint density at radius 2 is 2.00 bits per heavy atom. The molecule has 0 heterocycles. The molecule has 0 saturated heterocycles. The van der Waals surface area contributed by atoms with Gasteiger partial charge in [0.25, 0.3) is 0 Å². The molecule has 0 aliphatic heterocycles. The van der Waals surface area contributed by atoms with E-state index in [-0.39, 0.29) is 5.91 Å². The fraction of sp³-hybridized carbons (Fsp3) is 0.500. The van der Waals surface area contributed by atoms with Gasteiger partial charge in [0.05, 0.1) is 0 Å². The Hall–Kier alpha value is -1.31. The second-order valence-corrected chi connectivity index (χ2v) is 4.59. The molecule has 2 heteroatoms. The number of nitrogens with one attached hydrogen (secondary N) is 1. The second kappa shape index (κ2) is 6.31. The summed E-state index contributed by atoms with van der Waals surface area (Å²) in [7, 11) is 1.68. The van der Waals surface area contributed by atoms with Crippen molar-refractivity contribution in [2.45, 2.75) is 33.1 Å². The predicted molar refractivity (Wildman–Crippen MR) is 67.4 cm³/mol. The van der Waals surface area contributed by atoms with Gasteiger partial charge in [-0.05, 0) is 29.9 Å². The van der Waals surface area contributed by atoms with E-state index in [4.69, 9.17) is 0 Å². The predicted octanol–water partition coefficient (Wildman–Crippen LogP) is 2.56. The third kappa shape index (κ3) is 4.47. The minimum absolute atomic E-state index is 0.106. The van der Waals surface area contributed by atoms with Crippen LogP contribution in [0.5, 0.6) is 0 Å². The molecule has 0 atom stereocenters. The first kappa shape index (κ1) is 12.8. The van der Waals surface area contributed by atoms with Gasteiger partial charge in [0.2, 0.25) is 5.91 Å². The summed E-state index contributed by atoms with van der Waals surface area (Å²) in [5, 5.41) is 2.64. The standard InChI is InChI=1S/C14H21NO/c1-11(2)9-13-6-4-5-12(10-13)7-8-14(16)15-3/h4-6,10-11H,7-9H2,1-3H3,(H,15,16). The van der Waals surface area contributed by atoms with E-state index < -0.39 is 0 Å². The molecule has 16 heavy (non-hydrogen) atoms. The van der Waals surface area contributed by atoms with Crippen LogP contribution < -0.4 is 5.32 Å². The van der Waals surface area contributed by atoms with E-state index >= 15 is 0 Å². The molecule has 0 fully saturated rings. The maximum absolute atomic E-state index is 11.1. The Labute approximate surface area is 98.1 Å². The lowest BCUT2D eigenvalue weighted by Crippen LogP contribution is -2.17. The van der Waals surface area contributed by atoms with Crippen molar-refractivity contribution in [1.29, 1.82) is 0 Å². The summed E-state index contributed by atoms with van der Waals surface area (Å²) in [5.74, 6) is 0.781. The third-order valence-electron chi connectivity index (χ3n) is 2.55. The number of aryl methyl sites for hydroxylation is 1. The average Bonchev–Trinajstić information content (AvgIpc) is 2.25. The molecule has 0 saturated carbocycles. The van der Waals surface area contributed by atoms with E-state index in [0.717, 1.165) is 12.8 Å². The number of carbonyl (C=O) groups excluding carboxylic acids is 1. The van der Waals surface area contributed by atoms with E-state index in [2.05, 4.69) is 43.4 Å². The van der Waals surface area contributed by atoms with Crippen LogP contribution >= 0.6 is 0 Å². The van der Waals surface area contributed by atoms with Crippen molar-refractivity contribution < 1.29 is 4.79 Å². The molecular weight excluding hydrogens is 198 g/mol. The zero-order chi connectivity index (χ0) is 12.0. The van der Waals surface area contributed by atoms with Gasteiger partial charge in [-0.1, -0.05) is 38.1 Å². The van der Waals surface area contributed by atoms with Crippen LogP contribution in [0.15, 0.2) is 24.3 Å². The van der Waals surface area contributed by atoms with Crippen LogP contribution in [0.2, 0.25) is 0 Å². The van der Waals surface area contributed by atoms with Crippen LogP contribution in [-0.4, -0.2) is 13.0 Å². The molecule has 1 amide bonds. The molecule has 2 nitrogen and oxygen atoms in total. The Bertz CT molecular complexity index is 344. The Kier molecular flexibility index (Phi) is 5.03. The lowest BCUT2D eigenvalue weighted by Gasteiger charge is -2.07. The fourth-order valence-electron chi connectivity index (χ4n) is 1.77. The number of benzene rings is 1. The van der Waals surface area contributed by atoms with Crippen LogP contribution in [0, 0.1) is 5.92 Å². The van der Waals surface area contributed by atoms with Crippen molar-refractivity contribution in [2.75, 3.05) is 7.05 Å². The van der Waals surface area contributed by atoms with Crippen LogP contribution in [0.1, 0.15) is 31.4 Å². The van der Waals surface area contributed by atoms with Gasteiger partial charge in [-0.3, -0.25) is 4.79 Å². The number of hydrogen-bond acceptors (Lipinski definition) is 1. The highest BCUT2D eigenvalue weighted by Gasteiger charge is 2.02. The van der Waals surface area contributed by atoms with Crippen molar-refractivity contribution in [3.63, 3.8) is 0 Å². The zero-order valence-electron chi connectivity index (χ0n) is 10.4. The van der Waals surface area contributed by atoms with Crippen LogP contribution in [0.4, 0.5) is 0 Å². The summed E-state index contributed by atoms with van der Waals surface area (Å²) in [6.45, 7) is 4.44. The number of hydrogen-bond donors (Lipinski definition) is 1. The van der Waals surface area contributed by atoms with E-state index in [1.54, 1.807) is 7.05 Å². The summed E-state index contributed by atoms with van der Waals surface area (Å²) in [4.78, 5) is 11.1.